The van der Waals surface area contributed by atoms with Gasteiger partial charge < -0.3 is 33.2 Å². The molecule has 4 nitrogen and oxygen atoms in total. The van der Waals surface area contributed by atoms with Crippen molar-refractivity contribution in [3.63, 3.8) is 0 Å². The second kappa shape index (κ2) is 6.66. The predicted octanol–water partition coefficient (Wildman–Crippen LogP) is -0.814. The number of nitrogens with zero attached hydrogens (tertiary/aromatic N) is 1. The van der Waals surface area contributed by atoms with E-state index in [2.05, 4.69) is 14.1 Å². The molecule has 0 amide bonds. The zero-order valence-electron chi connectivity index (χ0n) is 13.0. The monoisotopic (exact) mass is 415 g/mol. The van der Waals surface area contributed by atoms with Crippen LogP contribution in [0.15, 0.2) is 30.3 Å². The Balaban J connectivity index is 0.00000176. The van der Waals surface area contributed by atoms with Crippen molar-refractivity contribution < 1.29 is 42.8 Å². The van der Waals surface area contributed by atoms with Gasteiger partial charge in [-0.1, -0.05) is 30.3 Å². The summed E-state index contributed by atoms with van der Waals surface area (Å²) in [5.41, 5.74) is 0.400. The van der Waals surface area contributed by atoms with Gasteiger partial charge in [0.25, 0.3) is 5.78 Å². The molecule has 5 heteroatoms. The van der Waals surface area contributed by atoms with Crippen molar-refractivity contribution >= 4 is 11.8 Å². The highest BCUT2D eigenvalue weighted by atomic mass is 127. The Bertz CT molecular complexity index is 542. The highest BCUT2D eigenvalue weighted by Crippen LogP contribution is 2.40. The van der Waals surface area contributed by atoms with Crippen LogP contribution in [-0.4, -0.2) is 48.5 Å². The molecule has 120 valence electrons. The molecule has 0 N–H and O–H groups in total. The lowest BCUT2D eigenvalue weighted by Crippen LogP contribution is -3.00. The van der Waals surface area contributed by atoms with E-state index in [4.69, 9.17) is 4.74 Å². The van der Waals surface area contributed by atoms with Crippen molar-refractivity contribution in [1.29, 1.82) is 0 Å². The maximum atomic E-state index is 12.0. The van der Waals surface area contributed by atoms with Gasteiger partial charge >= 0.3 is 5.97 Å². The molecular formula is C17H22INO3. The Kier molecular flexibility index (Phi) is 5.27. The van der Waals surface area contributed by atoms with Crippen LogP contribution in [0.1, 0.15) is 36.0 Å². The molecule has 2 fully saturated rings. The number of benzene rings is 1. The molecule has 2 heterocycles. The number of halogens is 1. The van der Waals surface area contributed by atoms with E-state index in [0.29, 0.717) is 17.6 Å². The van der Waals surface area contributed by atoms with Crippen LogP contribution >= 0.6 is 0 Å². The van der Waals surface area contributed by atoms with E-state index < -0.39 is 11.8 Å². The van der Waals surface area contributed by atoms with Crippen LogP contribution < -0.4 is 24.0 Å². The third kappa shape index (κ3) is 3.20. The molecule has 0 spiro atoms. The van der Waals surface area contributed by atoms with Gasteiger partial charge in [-0.2, -0.15) is 0 Å². The molecule has 0 saturated carbocycles. The molecule has 2 aliphatic heterocycles. The zero-order chi connectivity index (χ0) is 15.0. The van der Waals surface area contributed by atoms with Gasteiger partial charge in [0.05, 0.1) is 26.2 Å². The van der Waals surface area contributed by atoms with Crippen molar-refractivity contribution in [3.05, 3.63) is 35.9 Å². The smallest absolute Gasteiger partial charge is 0.379 e. The number of hydrogen-bond acceptors (Lipinski definition) is 3. The van der Waals surface area contributed by atoms with Crippen molar-refractivity contribution in [2.24, 2.45) is 0 Å². The fraction of sp³-hybridized carbons (Fsp3) is 0.529. The van der Waals surface area contributed by atoms with Crippen molar-refractivity contribution in [3.8, 4) is 0 Å². The quantitative estimate of drug-likeness (QED) is 0.213. The van der Waals surface area contributed by atoms with Gasteiger partial charge in [0.15, 0.2) is 0 Å². The van der Waals surface area contributed by atoms with Gasteiger partial charge in [0.1, 0.15) is 6.10 Å². The summed E-state index contributed by atoms with van der Waals surface area (Å²) in [5.74, 6) is -1.25. The first-order valence-electron chi connectivity index (χ1n) is 7.62. The summed E-state index contributed by atoms with van der Waals surface area (Å²) in [6.45, 7) is 0. The Morgan fingerprint density at radius 1 is 1.05 bits per heavy atom. The minimum atomic E-state index is -0.710. The van der Waals surface area contributed by atoms with Crippen LogP contribution in [0.25, 0.3) is 0 Å². The predicted molar refractivity (Wildman–Crippen MR) is 78.8 cm³/mol. The Hall–Kier alpha value is -0.950. The highest BCUT2D eigenvalue weighted by Gasteiger charge is 2.50. The summed E-state index contributed by atoms with van der Waals surface area (Å²) in [4.78, 5) is 24.1. The molecule has 3 atom stereocenters. The number of ketones is 1. The van der Waals surface area contributed by atoms with Gasteiger partial charge in [-0.25, -0.2) is 4.79 Å². The lowest BCUT2D eigenvalue weighted by atomic mass is 9.98. The summed E-state index contributed by atoms with van der Waals surface area (Å²) in [6.07, 6.45) is 4.03. The number of carbonyl (C=O) groups excluding carboxylic acids is 2. The number of esters is 1. The molecule has 1 aromatic rings. The van der Waals surface area contributed by atoms with Gasteiger partial charge in [-0.05, 0) is 0 Å². The lowest BCUT2D eigenvalue weighted by Gasteiger charge is -2.43. The van der Waals surface area contributed by atoms with E-state index >= 15 is 0 Å². The SMILES string of the molecule is C[N+]1(C)[C@@H]2CC[C@H]1CC(OC(=O)C(=O)c1ccccc1)C2.[I-]. The standard InChI is InChI=1S/C17H22NO3.HI/c1-18(2)13-8-9-14(18)11-15(10-13)21-17(20)16(19)12-6-4-3-5-7-12;/h3-7,13-15H,8-11H2,1-2H3;1H/q+1;/p-1/t13-,14+,15?;. The number of hydrogen-bond donors (Lipinski definition) is 0. The van der Waals surface area contributed by atoms with E-state index in [9.17, 15) is 9.59 Å². The third-order valence-corrected chi connectivity index (χ3v) is 5.28. The van der Waals surface area contributed by atoms with E-state index in [-0.39, 0.29) is 30.1 Å². The molecular weight excluding hydrogens is 393 g/mol. The molecule has 3 rings (SSSR count). The molecule has 0 aromatic heterocycles. The number of ether oxygens (including phenoxy) is 1. The second-order valence-corrected chi connectivity index (χ2v) is 6.71. The first kappa shape index (κ1) is 17.4. The normalized spacial score (nSPS) is 28.5. The molecule has 2 bridgehead atoms. The molecule has 1 aromatic carbocycles. The number of fused-ring (bicyclic) bond motifs is 2. The molecule has 1 unspecified atom stereocenters. The van der Waals surface area contributed by atoms with Crippen LogP contribution in [-0.2, 0) is 9.53 Å². The minimum absolute atomic E-state index is 0. The number of quaternary nitrogens is 1. The largest absolute Gasteiger partial charge is 1.00 e. The summed E-state index contributed by atoms with van der Waals surface area (Å²) in [7, 11) is 4.52. The Labute approximate surface area is 148 Å². The molecule has 0 radical (unpaired) electrons. The fourth-order valence-electron chi connectivity index (χ4n) is 3.84. The molecule has 2 saturated heterocycles. The van der Waals surface area contributed by atoms with E-state index in [0.717, 1.165) is 17.3 Å². The Morgan fingerprint density at radius 3 is 2.14 bits per heavy atom. The molecule has 0 aliphatic carbocycles. The molecule has 22 heavy (non-hydrogen) atoms. The maximum Gasteiger partial charge on any atom is 0.379 e. The fourth-order valence-corrected chi connectivity index (χ4v) is 3.84. The van der Waals surface area contributed by atoms with Crippen molar-refractivity contribution in [2.45, 2.75) is 43.9 Å². The summed E-state index contributed by atoms with van der Waals surface area (Å²) in [6, 6.07) is 9.72. The van der Waals surface area contributed by atoms with E-state index in [1.807, 2.05) is 6.07 Å². The summed E-state index contributed by atoms with van der Waals surface area (Å²) >= 11 is 0. The Morgan fingerprint density at radius 2 is 1.59 bits per heavy atom. The highest BCUT2D eigenvalue weighted by molar-refractivity contribution is 6.40. The van der Waals surface area contributed by atoms with Gasteiger partial charge in [-0.15, -0.1) is 0 Å². The maximum absolute atomic E-state index is 12.0. The minimum Gasteiger partial charge on any atom is -1.00 e. The van der Waals surface area contributed by atoms with Crippen LogP contribution in [0.3, 0.4) is 0 Å². The zero-order valence-corrected chi connectivity index (χ0v) is 15.2. The first-order chi connectivity index (χ1) is 9.98. The summed E-state index contributed by atoms with van der Waals surface area (Å²) in [5, 5.41) is 0. The van der Waals surface area contributed by atoms with Crippen LogP contribution in [0.2, 0.25) is 0 Å². The van der Waals surface area contributed by atoms with Crippen molar-refractivity contribution in [2.75, 3.05) is 14.1 Å². The van der Waals surface area contributed by atoms with E-state index in [1.165, 1.54) is 12.8 Å². The van der Waals surface area contributed by atoms with Gasteiger partial charge in [0, 0.05) is 31.2 Å². The van der Waals surface area contributed by atoms with Crippen molar-refractivity contribution in [1.82, 2.24) is 0 Å². The first-order valence-corrected chi connectivity index (χ1v) is 7.62. The lowest BCUT2D eigenvalue weighted by molar-refractivity contribution is -0.931. The number of rotatable bonds is 3. The average Bonchev–Trinajstić information content (AvgIpc) is 2.67. The number of carbonyl (C=O) groups is 2. The van der Waals surface area contributed by atoms with E-state index in [1.54, 1.807) is 24.3 Å². The topological polar surface area (TPSA) is 43.4 Å². The van der Waals surface area contributed by atoms with Gasteiger partial charge in [0.2, 0.25) is 0 Å². The second-order valence-electron chi connectivity index (χ2n) is 6.71. The van der Waals surface area contributed by atoms with Crippen LogP contribution in [0.4, 0.5) is 0 Å². The van der Waals surface area contributed by atoms with Crippen LogP contribution in [0.5, 0.6) is 0 Å². The van der Waals surface area contributed by atoms with Crippen LogP contribution in [0, 0.1) is 0 Å². The summed E-state index contributed by atoms with van der Waals surface area (Å²) < 4.78 is 6.51. The van der Waals surface area contributed by atoms with Gasteiger partial charge in [-0.3, -0.25) is 4.79 Å². The number of Topliss-reactive ketones (excluding diaryl/α,β-unsaturated/α-hetero) is 1. The number of piperidine rings is 1. The average molecular weight is 415 g/mol. The molecule has 2 aliphatic rings. The third-order valence-electron chi connectivity index (χ3n) is 5.28.